The van der Waals surface area contributed by atoms with E-state index in [9.17, 15) is 0 Å². The van der Waals surface area contributed by atoms with Crippen LogP contribution in [-0.4, -0.2) is 57.0 Å². The summed E-state index contributed by atoms with van der Waals surface area (Å²) in [5.74, 6) is 0. The Bertz CT molecular complexity index is 167. The number of hydrogen-bond donors (Lipinski definition) is 1. The van der Waals surface area contributed by atoms with Crippen LogP contribution < -0.4 is 5.73 Å². The molecular weight excluding hydrogens is 192 g/mol. The van der Waals surface area contributed by atoms with Crippen LogP contribution in [0.3, 0.4) is 0 Å². The molecule has 90 valence electrons. The van der Waals surface area contributed by atoms with Gasteiger partial charge in [0.25, 0.3) is 0 Å². The molecule has 1 rings (SSSR count). The third-order valence-electron chi connectivity index (χ3n) is 2.89. The van der Waals surface area contributed by atoms with Gasteiger partial charge in [0.05, 0.1) is 19.3 Å². The van der Waals surface area contributed by atoms with Crippen LogP contribution in [0.5, 0.6) is 0 Å². The van der Waals surface area contributed by atoms with Crippen LogP contribution in [0.25, 0.3) is 0 Å². The van der Waals surface area contributed by atoms with Crippen LogP contribution >= 0.6 is 0 Å². The predicted molar refractivity (Wildman–Crippen MR) is 60.9 cm³/mol. The van der Waals surface area contributed by atoms with Crippen molar-refractivity contribution in [3.8, 4) is 0 Å². The number of nitrogens with zero attached hydrogens (tertiary/aromatic N) is 1. The van der Waals surface area contributed by atoms with Crippen LogP contribution in [0.4, 0.5) is 0 Å². The molecule has 1 heterocycles. The first-order valence-corrected chi connectivity index (χ1v) is 5.82. The molecule has 0 aromatic carbocycles. The molecule has 0 bridgehead atoms. The second kappa shape index (κ2) is 7.17. The first kappa shape index (κ1) is 12.9. The lowest BCUT2D eigenvalue weighted by molar-refractivity contribution is -0.0470. The third kappa shape index (κ3) is 4.47. The highest BCUT2D eigenvalue weighted by atomic mass is 16.5. The van der Waals surface area contributed by atoms with E-state index >= 15 is 0 Å². The van der Waals surface area contributed by atoms with Gasteiger partial charge in [-0.3, -0.25) is 4.90 Å². The van der Waals surface area contributed by atoms with Crippen LogP contribution in [-0.2, 0) is 9.47 Å². The highest BCUT2D eigenvalue weighted by Gasteiger charge is 2.23. The summed E-state index contributed by atoms with van der Waals surface area (Å²) in [7, 11) is 1.76. The first-order chi connectivity index (χ1) is 7.27. The summed E-state index contributed by atoms with van der Waals surface area (Å²) in [6, 6.07) is 0.505. The first-order valence-electron chi connectivity index (χ1n) is 5.82. The third-order valence-corrected chi connectivity index (χ3v) is 2.89. The van der Waals surface area contributed by atoms with Gasteiger partial charge in [-0.2, -0.15) is 0 Å². The molecule has 1 aliphatic heterocycles. The summed E-state index contributed by atoms with van der Waals surface area (Å²) in [6.45, 7) is 6.55. The van der Waals surface area contributed by atoms with E-state index in [2.05, 4.69) is 11.8 Å². The second-order valence-electron chi connectivity index (χ2n) is 4.22. The fraction of sp³-hybridized carbons (Fsp3) is 1.00. The van der Waals surface area contributed by atoms with Crippen molar-refractivity contribution in [2.75, 3.05) is 40.0 Å². The molecule has 4 heteroatoms. The standard InChI is InChI=1S/C11H24N2O2/c1-10-8-13(6-7-15-10)11(9-14-2)4-3-5-12/h10-11H,3-9,12H2,1-2H3. The van der Waals surface area contributed by atoms with Gasteiger partial charge in [-0.15, -0.1) is 0 Å². The van der Waals surface area contributed by atoms with Crippen LogP contribution in [0.15, 0.2) is 0 Å². The van der Waals surface area contributed by atoms with Gasteiger partial charge < -0.3 is 15.2 Å². The molecule has 15 heavy (non-hydrogen) atoms. The Kier molecular flexibility index (Phi) is 6.17. The Morgan fingerprint density at radius 3 is 3.00 bits per heavy atom. The van der Waals surface area contributed by atoms with Crippen LogP contribution in [0.1, 0.15) is 19.8 Å². The Morgan fingerprint density at radius 1 is 1.60 bits per heavy atom. The summed E-state index contributed by atoms with van der Waals surface area (Å²) in [5.41, 5.74) is 5.55. The molecule has 0 aromatic rings. The summed E-state index contributed by atoms with van der Waals surface area (Å²) >= 11 is 0. The lowest BCUT2D eigenvalue weighted by atomic mass is 10.1. The van der Waals surface area contributed by atoms with Crippen molar-refractivity contribution in [2.45, 2.75) is 31.9 Å². The summed E-state index contributed by atoms with van der Waals surface area (Å²) in [6.07, 6.45) is 2.53. The predicted octanol–water partition coefficient (Wildman–Crippen LogP) is 0.461. The summed E-state index contributed by atoms with van der Waals surface area (Å²) in [5, 5.41) is 0. The van der Waals surface area contributed by atoms with E-state index in [4.69, 9.17) is 15.2 Å². The van der Waals surface area contributed by atoms with Crippen molar-refractivity contribution in [2.24, 2.45) is 5.73 Å². The minimum atomic E-state index is 0.344. The molecule has 0 aliphatic carbocycles. The fourth-order valence-electron chi connectivity index (χ4n) is 2.09. The lowest BCUT2D eigenvalue weighted by Crippen LogP contribution is -2.48. The van der Waals surface area contributed by atoms with Gasteiger partial charge in [-0.1, -0.05) is 0 Å². The topological polar surface area (TPSA) is 47.7 Å². The molecule has 1 fully saturated rings. The maximum absolute atomic E-state index is 5.55. The quantitative estimate of drug-likeness (QED) is 0.701. The second-order valence-corrected chi connectivity index (χ2v) is 4.22. The van der Waals surface area contributed by atoms with E-state index < -0.39 is 0 Å². The molecule has 2 N–H and O–H groups in total. The molecule has 4 nitrogen and oxygen atoms in total. The van der Waals surface area contributed by atoms with Gasteiger partial charge in [-0.25, -0.2) is 0 Å². The van der Waals surface area contributed by atoms with E-state index in [0.29, 0.717) is 12.1 Å². The number of nitrogens with two attached hydrogens (primary N) is 1. The fourth-order valence-corrected chi connectivity index (χ4v) is 2.09. The lowest BCUT2D eigenvalue weighted by Gasteiger charge is -2.37. The zero-order valence-electron chi connectivity index (χ0n) is 9.95. The molecule has 1 aliphatic rings. The van der Waals surface area contributed by atoms with Crippen LogP contribution in [0, 0.1) is 0 Å². The maximum atomic E-state index is 5.55. The molecule has 0 aromatic heterocycles. The SMILES string of the molecule is COCC(CCCN)N1CCOC(C)C1. The minimum absolute atomic E-state index is 0.344. The van der Waals surface area contributed by atoms with Gasteiger partial charge >= 0.3 is 0 Å². The van der Waals surface area contributed by atoms with Gasteiger partial charge in [0.1, 0.15) is 0 Å². The summed E-state index contributed by atoms with van der Waals surface area (Å²) < 4.78 is 10.8. The highest BCUT2D eigenvalue weighted by Crippen LogP contribution is 2.12. The molecule has 0 radical (unpaired) electrons. The van der Waals surface area contributed by atoms with E-state index in [-0.39, 0.29) is 0 Å². The van der Waals surface area contributed by atoms with E-state index in [0.717, 1.165) is 45.7 Å². The maximum Gasteiger partial charge on any atom is 0.0674 e. The van der Waals surface area contributed by atoms with E-state index in [1.54, 1.807) is 7.11 Å². The average molecular weight is 216 g/mol. The minimum Gasteiger partial charge on any atom is -0.383 e. The zero-order valence-corrected chi connectivity index (χ0v) is 9.95. The normalized spacial score (nSPS) is 25.4. The Morgan fingerprint density at radius 2 is 2.40 bits per heavy atom. The van der Waals surface area contributed by atoms with Crippen molar-refractivity contribution in [1.82, 2.24) is 4.90 Å². The number of morpholine rings is 1. The van der Waals surface area contributed by atoms with Crippen molar-refractivity contribution in [3.05, 3.63) is 0 Å². The smallest absolute Gasteiger partial charge is 0.0674 e. The van der Waals surface area contributed by atoms with Gasteiger partial charge in [0.2, 0.25) is 0 Å². The molecule has 1 saturated heterocycles. The number of rotatable bonds is 6. The molecule has 0 amide bonds. The van der Waals surface area contributed by atoms with Gasteiger partial charge in [-0.05, 0) is 26.3 Å². The van der Waals surface area contributed by atoms with E-state index in [1.807, 2.05) is 0 Å². The Hall–Kier alpha value is -0.160. The number of ether oxygens (including phenoxy) is 2. The molecule has 2 unspecified atom stereocenters. The average Bonchev–Trinajstić information content (AvgIpc) is 2.24. The molecule has 0 saturated carbocycles. The molecule has 0 spiro atoms. The Labute approximate surface area is 92.7 Å². The zero-order chi connectivity index (χ0) is 11.1. The van der Waals surface area contributed by atoms with Crippen molar-refractivity contribution < 1.29 is 9.47 Å². The molecular formula is C11H24N2O2. The number of methoxy groups -OCH3 is 1. The highest BCUT2D eigenvalue weighted by molar-refractivity contribution is 4.76. The van der Waals surface area contributed by atoms with Gasteiger partial charge in [0.15, 0.2) is 0 Å². The van der Waals surface area contributed by atoms with Crippen LogP contribution in [0.2, 0.25) is 0 Å². The monoisotopic (exact) mass is 216 g/mol. The van der Waals surface area contributed by atoms with E-state index in [1.165, 1.54) is 0 Å². The van der Waals surface area contributed by atoms with Crippen molar-refractivity contribution >= 4 is 0 Å². The number of hydrogen-bond acceptors (Lipinski definition) is 4. The summed E-state index contributed by atoms with van der Waals surface area (Å²) in [4.78, 5) is 2.47. The van der Waals surface area contributed by atoms with Gasteiger partial charge in [0, 0.05) is 26.2 Å². The largest absolute Gasteiger partial charge is 0.383 e. The Balaban J connectivity index is 2.38. The van der Waals surface area contributed by atoms with Crippen molar-refractivity contribution in [3.63, 3.8) is 0 Å². The molecule has 2 atom stereocenters. The van der Waals surface area contributed by atoms with Crippen molar-refractivity contribution in [1.29, 1.82) is 0 Å².